The lowest BCUT2D eigenvalue weighted by Gasteiger charge is -2.73. The van der Waals surface area contributed by atoms with Gasteiger partial charge < -0.3 is 24.6 Å². The molecule has 13 heteroatoms. The Labute approximate surface area is 411 Å². The molecule has 68 heavy (non-hydrogen) atoms. The molecule has 1 aromatic rings. The highest BCUT2D eigenvalue weighted by atomic mass is 35.5. The number of carbonyl (C=O) groups is 5. The molecule has 2 N–H and O–H groups in total. The Bertz CT molecular complexity index is 2170. The molecule has 0 aromatic heterocycles. The van der Waals surface area contributed by atoms with Crippen molar-refractivity contribution in [1.82, 2.24) is 9.80 Å². The number of likely N-dealkylation sites (N-methyl/N-ethyl adjacent to an activating group) is 1. The third-order valence-electron chi connectivity index (χ3n) is 18.7. The van der Waals surface area contributed by atoms with E-state index in [2.05, 4.69) is 51.3 Å². The summed E-state index contributed by atoms with van der Waals surface area (Å²) in [5.41, 5.74) is -1.40. The quantitative estimate of drug-likeness (QED) is 0.106. The molecule has 4 fully saturated rings. The molecular formula is C55H82ClN3O9. The number of benzene rings is 1. The van der Waals surface area contributed by atoms with Gasteiger partial charge in [0.2, 0.25) is 0 Å². The Morgan fingerprint density at radius 3 is 2.03 bits per heavy atom. The Balaban J connectivity index is 1.41. The fraction of sp³-hybridized carbons (Fsp3) is 0.745. The highest BCUT2D eigenvalue weighted by Crippen LogP contribution is 2.77. The lowest BCUT2D eigenvalue weighted by molar-refractivity contribution is -0.225. The summed E-state index contributed by atoms with van der Waals surface area (Å²) in [5.74, 6) is -2.90. The van der Waals surface area contributed by atoms with E-state index in [0.29, 0.717) is 37.5 Å². The van der Waals surface area contributed by atoms with E-state index in [9.17, 15) is 34.2 Å². The van der Waals surface area contributed by atoms with Crippen LogP contribution in [-0.2, 0) is 40.0 Å². The zero-order valence-electron chi connectivity index (χ0n) is 43.4. The molecule has 0 amide bonds. The second-order valence-electron chi connectivity index (χ2n) is 24.2. The van der Waals surface area contributed by atoms with E-state index in [1.807, 2.05) is 51.5 Å². The largest absolute Gasteiger partial charge is 0.481 e. The molecule has 0 bridgehead atoms. The van der Waals surface area contributed by atoms with E-state index in [-0.39, 0.29) is 65.0 Å². The number of fused-ring (bicyclic) bond motifs is 7. The van der Waals surface area contributed by atoms with Crippen molar-refractivity contribution in [3.63, 3.8) is 0 Å². The van der Waals surface area contributed by atoms with Crippen LogP contribution < -0.4 is 0 Å². The van der Waals surface area contributed by atoms with Crippen molar-refractivity contribution < 1.29 is 43.7 Å². The highest BCUT2D eigenvalue weighted by Gasteiger charge is 2.73. The SMILES string of the molecule is CC=NC12CCC3(C)C(CCC4C5=C(C(C)C)C(=O)CC5(C(CN(CCN(C)C)Cc5ccc(Cl)cc5)OC(=O)CC(C)(C)C(=O)O)CCC43C)C1(C)CCC(OC(=O)CC(C)(C)C(=O)O)C2C. The maximum absolute atomic E-state index is 14.9. The summed E-state index contributed by atoms with van der Waals surface area (Å²) in [4.78, 5) is 76.7. The molecule has 1 aromatic carbocycles. The van der Waals surface area contributed by atoms with Crippen LogP contribution in [0, 0.1) is 56.2 Å². The molecule has 378 valence electrons. The maximum Gasteiger partial charge on any atom is 0.309 e. The van der Waals surface area contributed by atoms with Gasteiger partial charge in [0.15, 0.2) is 5.78 Å². The number of nitrogens with zero attached hydrogens (tertiary/aromatic N) is 3. The molecule has 0 heterocycles. The van der Waals surface area contributed by atoms with E-state index in [4.69, 9.17) is 26.1 Å². The zero-order chi connectivity index (χ0) is 50.6. The van der Waals surface area contributed by atoms with E-state index >= 15 is 0 Å². The summed E-state index contributed by atoms with van der Waals surface area (Å²) >= 11 is 6.32. The van der Waals surface area contributed by atoms with Crippen LogP contribution in [0.4, 0.5) is 0 Å². The Morgan fingerprint density at radius 2 is 1.46 bits per heavy atom. The summed E-state index contributed by atoms with van der Waals surface area (Å²) < 4.78 is 13.0. The number of esters is 2. The van der Waals surface area contributed by atoms with Crippen molar-refractivity contribution in [2.24, 2.45) is 61.2 Å². The average molecular weight is 965 g/mol. The van der Waals surface area contributed by atoms with Gasteiger partial charge in [-0.25, -0.2) is 0 Å². The number of carboxylic acid groups (broad SMARTS) is 2. The molecule has 5 aliphatic rings. The highest BCUT2D eigenvalue weighted by molar-refractivity contribution is 6.30. The predicted octanol–water partition coefficient (Wildman–Crippen LogP) is 10.3. The van der Waals surface area contributed by atoms with Crippen LogP contribution in [0.5, 0.6) is 0 Å². The third kappa shape index (κ3) is 9.49. The molecule has 12 nitrogen and oxygen atoms in total. The number of carboxylic acids is 2. The van der Waals surface area contributed by atoms with Crippen LogP contribution in [0.2, 0.25) is 5.02 Å². The summed E-state index contributed by atoms with van der Waals surface area (Å²) in [6.07, 6.45) is 6.97. The van der Waals surface area contributed by atoms with Crippen molar-refractivity contribution in [2.75, 3.05) is 33.7 Å². The smallest absolute Gasteiger partial charge is 0.309 e. The van der Waals surface area contributed by atoms with Gasteiger partial charge in [0.1, 0.15) is 12.2 Å². The van der Waals surface area contributed by atoms with Gasteiger partial charge in [-0.3, -0.25) is 33.9 Å². The van der Waals surface area contributed by atoms with Gasteiger partial charge in [-0.15, -0.1) is 0 Å². The number of allylic oxidation sites excluding steroid dienone is 1. The molecule has 0 saturated heterocycles. The number of Topliss-reactive ketones (excluding diaryl/α,β-unsaturated/α-hetero) is 1. The van der Waals surface area contributed by atoms with E-state index in [1.165, 1.54) is 5.57 Å². The first kappa shape index (κ1) is 53.7. The van der Waals surface area contributed by atoms with Crippen LogP contribution in [0.25, 0.3) is 0 Å². The fourth-order valence-corrected chi connectivity index (χ4v) is 14.7. The summed E-state index contributed by atoms with van der Waals surface area (Å²) in [6, 6.07) is 7.79. The Kier molecular flexibility index (Phi) is 15.4. The van der Waals surface area contributed by atoms with Gasteiger partial charge in [0, 0.05) is 49.0 Å². The van der Waals surface area contributed by atoms with Crippen LogP contribution in [0.1, 0.15) is 152 Å². The lowest BCUT2D eigenvalue weighted by Crippen LogP contribution is -2.70. The number of halogens is 1. The normalized spacial score (nSPS) is 33.3. The van der Waals surface area contributed by atoms with Crippen LogP contribution in [0.3, 0.4) is 0 Å². The summed E-state index contributed by atoms with van der Waals surface area (Å²) in [7, 11) is 4.07. The van der Waals surface area contributed by atoms with Gasteiger partial charge in [-0.2, -0.15) is 0 Å². The van der Waals surface area contributed by atoms with Gasteiger partial charge in [-0.05, 0) is 169 Å². The van der Waals surface area contributed by atoms with Crippen LogP contribution in [-0.4, -0.2) is 107 Å². The Hall–Kier alpha value is -3.61. The number of aliphatic carboxylic acids is 2. The number of hydrogen-bond acceptors (Lipinski definition) is 10. The molecule has 10 atom stereocenters. The third-order valence-corrected chi connectivity index (χ3v) is 19.0. The second kappa shape index (κ2) is 19.5. The van der Waals surface area contributed by atoms with E-state index < -0.39 is 57.9 Å². The molecule has 0 aliphatic heterocycles. The monoisotopic (exact) mass is 964 g/mol. The average Bonchev–Trinajstić information content (AvgIpc) is 3.55. The zero-order valence-corrected chi connectivity index (χ0v) is 44.2. The molecule has 10 unspecified atom stereocenters. The number of carbonyl (C=O) groups excluding carboxylic acids is 3. The molecule has 5 aliphatic carbocycles. The molecule has 6 rings (SSSR count). The van der Waals surface area contributed by atoms with Crippen molar-refractivity contribution in [2.45, 2.75) is 171 Å². The first-order valence-corrected chi connectivity index (χ1v) is 25.7. The summed E-state index contributed by atoms with van der Waals surface area (Å²) in [5, 5.41) is 20.5. The standard InChI is InChI=1S/C55H82ClN3O9/c1-14-57-55-26-24-52(10)41(53(55,11)22-21-40(35(55)4)67-43(61)30-49(5,6)47(63)64)20-19-38-46-45(34(2)3)39(60)29-54(46,25-23-51(38,52)9)42(68-44(62)31-50(7,8)48(65)66)33-59(28-27-58(12)13)32-36-15-17-37(56)18-16-36/h14-18,34-35,38,40-42H,19-33H2,1-13H3,(H,63,64)(H,65,66). The molecule has 4 saturated carbocycles. The van der Waals surface area contributed by atoms with Gasteiger partial charge in [0.05, 0.1) is 29.2 Å². The van der Waals surface area contributed by atoms with E-state index in [1.54, 1.807) is 27.7 Å². The first-order valence-electron chi connectivity index (χ1n) is 25.3. The van der Waals surface area contributed by atoms with Crippen molar-refractivity contribution >= 4 is 47.5 Å². The van der Waals surface area contributed by atoms with Gasteiger partial charge in [-0.1, -0.05) is 65.3 Å². The van der Waals surface area contributed by atoms with E-state index in [0.717, 1.165) is 56.2 Å². The minimum atomic E-state index is -1.34. The van der Waals surface area contributed by atoms with Gasteiger partial charge in [0.25, 0.3) is 0 Å². The predicted molar refractivity (Wildman–Crippen MR) is 265 cm³/mol. The van der Waals surface area contributed by atoms with Crippen molar-refractivity contribution in [3.8, 4) is 0 Å². The lowest BCUT2D eigenvalue weighted by atomic mass is 9.32. The molecule has 0 radical (unpaired) electrons. The number of rotatable bonds is 18. The minimum Gasteiger partial charge on any atom is -0.481 e. The Morgan fingerprint density at radius 1 is 0.853 bits per heavy atom. The minimum absolute atomic E-state index is 0.0441. The van der Waals surface area contributed by atoms with Crippen molar-refractivity contribution in [3.05, 3.63) is 46.0 Å². The molecular weight excluding hydrogens is 882 g/mol. The first-order chi connectivity index (χ1) is 31.5. The number of ketones is 1. The van der Waals surface area contributed by atoms with Crippen molar-refractivity contribution in [1.29, 1.82) is 0 Å². The molecule has 0 spiro atoms. The van der Waals surface area contributed by atoms with Crippen LogP contribution >= 0.6 is 11.6 Å². The summed E-state index contributed by atoms with van der Waals surface area (Å²) in [6.45, 7) is 24.3. The van der Waals surface area contributed by atoms with Gasteiger partial charge >= 0.3 is 23.9 Å². The fourth-order valence-electron chi connectivity index (χ4n) is 14.6. The number of hydrogen-bond donors (Lipinski definition) is 2. The number of aliphatic imine (C=N–C) groups is 1. The van der Waals surface area contributed by atoms with Crippen LogP contribution in [0.15, 0.2) is 40.4 Å². The topological polar surface area (TPSA) is 163 Å². The number of ether oxygens (including phenoxy) is 2. The maximum atomic E-state index is 14.9. The second-order valence-corrected chi connectivity index (χ2v) is 24.7.